The van der Waals surface area contributed by atoms with E-state index in [-0.39, 0.29) is 0 Å². The Balaban J connectivity index is 2.69. The molecule has 120 valence electrons. The molecule has 1 N–H and O–H groups in total. The Kier molecular flexibility index (Phi) is 8.63. The molecular formula is C19H34N2. The molecular weight excluding hydrogens is 256 g/mol. The van der Waals surface area contributed by atoms with E-state index >= 15 is 0 Å². The molecule has 0 atom stereocenters. The molecule has 0 radical (unpaired) electrons. The van der Waals surface area contributed by atoms with E-state index in [2.05, 4.69) is 69.1 Å². The predicted molar refractivity (Wildman–Crippen MR) is 93.5 cm³/mol. The van der Waals surface area contributed by atoms with Gasteiger partial charge in [-0.2, -0.15) is 0 Å². The normalized spacial score (nSPS) is 11.8. The molecule has 2 heteroatoms. The van der Waals surface area contributed by atoms with Crippen molar-refractivity contribution < 1.29 is 0 Å². The Morgan fingerprint density at radius 3 is 2.24 bits per heavy atom. The highest BCUT2D eigenvalue weighted by atomic mass is 15.1. The van der Waals surface area contributed by atoms with E-state index in [0.717, 1.165) is 13.1 Å². The van der Waals surface area contributed by atoms with Crippen molar-refractivity contribution in [3.05, 3.63) is 35.4 Å². The summed E-state index contributed by atoms with van der Waals surface area (Å²) in [6.07, 6.45) is 3.93. The molecule has 0 fully saturated rings. The van der Waals surface area contributed by atoms with Crippen LogP contribution in [0.3, 0.4) is 0 Å². The van der Waals surface area contributed by atoms with Gasteiger partial charge in [0.05, 0.1) is 0 Å². The first kappa shape index (κ1) is 18.2. The summed E-state index contributed by atoms with van der Waals surface area (Å²) in [5, 5.41) is 3.54. The lowest BCUT2D eigenvalue weighted by Crippen LogP contribution is -2.32. The zero-order chi connectivity index (χ0) is 15.7. The van der Waals surface area contributed by atoms with Gasteiger partial charge in [0.25, 0.3) is 0 Å². The van der Waals surface area contributed by atoms with Crippen molar-refractivity contribution in [1.29, 1.82) is 0 Å². The van der Waals surface area contributed by atoms with Crippen molar-refractivity contribution in [3.8, 4) is 0 Å². The minimum absolute atomic E-state index is 0.531. The van der Waals surface area contributed by atoms with Crippen LogP contribution in [0.5, 0.6) is 0 Å². The number of hydrogen-bond donors (Lipinski definition) is 1. The van der Waals surface area contributed by atoms with Crippen LogP contribution in [0.4, 0.5) is 0 Å². The van der Waals surface area contributed by atoms with Crippen LogP contribution in [0.2, 0.25) is 0 Å². The molecule has 1 aromatic carbocycles. The highest BCUT2D eigenvalue weighted by Crippen LogP contribution is 2.15. The molecule has 0 aliphatic rings. The van der Waals surface area contributed by atoms with Gasteiger partial charge in [0.2, 0.25) is 0 Å². The summed E-state index contributed by atoms with van der Waals surface area (Å²) in [4.78, 5) is 2.60. The third-order valence-electron chi connectivity index (χ3n) is 3.97. The van der Waals surface area contributed by atoms with Crippen LogP contribution >= 0.6 is 0 Å². The topological polar surface area (TPSA) is 15.3 Å². The van der Waals surface area contributed by atoms with Crippen LogP contribution in [0.15, 0.2) is 24.3 Å². The number of hydrogen-bond acceptors (Lipinski definition) is 2. The molecule has 0 bridgehead atoms. The van der Waals surface area contributed by atoms with Gasteiger partial charge in [-0.1, -0.05) is 57.9 Å². The molecule has 0 aromatic heterocycles. The van der Waals surface area contributed by atoms with E-state index in [1.165, 1.54) is 36.9 Å². The molecule has 2 nitrogen and oxygen atoms in total. The Morgan fingerprint density at radius 2 is 1.67 bits per heavy atom. The lowest BCUT2D eigenvalue weighted by atomic mass is 10.1. The maximum Gasteiger partial charge on any atom is 0.0239 e. The standard InChI is InChI=1S/C19H34N2/c1-6-7-10-13-21(17(4)5)15-19-12-9-8-11-18(19)14-20-16(2)3/h8-9,11-12,16-17,20H,6-7,10,13-15H2,1-5H3. The smallest absolute Gasteiger partial charge is 0.0239 e. The van der Waals surface area contributed by atoms with Crippen molar-refractivity contribution >= 4 is 0 Å². The van der Waals surface area contributed by atoms with E-state index in [9.17, 15) is 0 Å². The lowest BCUT2D eigenvalue weighted by molar-refractivity contribution is 0.208. The molecule has 0 saturated carbocycles. The summed E-state index contributed by atoms with van der Waals surface area (Å²) >= 11 is 0. The highest BCUT2D eigenvalue weighted by Gasteiger charge is 2.12. The van der Waals surface area contributed by atoms with E-state index in [1.807, 2.05) is 0 Å². The molecule has 0 aliphatic carbocycles. The van der Waals surface area contributed by atoms with Gasteiger partial charge in [0, 0.05) is 25.2 Å². The Morgan fingerprint density at radius 1 is 1.00 bits per heavy atom. The van der Waals surface area contributed by atoms with Crippen LogP contribution in [0, 0.1) is 0 Å². The van der Waals surface area contributed by atoms with Gasteiger partial charge >= 0.3 is 0 Å². The van der Waals surface area contributed by atoms with Crippen LogP contribution in [0.1, 0.15) is 65.0 Å². The van der Waals surface area contributed by atoms with Crippen LogP contribution in [0.25, 0.3) is 0 Å². The van der Waals surface area contributed by atoms with Crippen LogP contribution in [-0.2, 0) is 13.1 Å². The maximum atomic E-state index is 3.54. The summed E-state index contributed by atoms with van der Waals surface area (Å²) in [7, 11) is 0. The summed E-state index contributed by atoms with van der Waals surface area (Å²) in [5.74, 6) is 0. The van der Waals surface area contributed by atoms with Crippen molar-refractivity contribution in [2.45, 2.75) is 79.1 Å². The minimum Gasteiger partial charge on any atom is -0.310 e. The van der Waals surface area contributed by atoms with E-state index in [1.54, 1.807) is 0 Å². The summed E-state index contributed by atoms with van der Waals surface area (Å²) in [6.45, 7) is 14.5. The van der Waals surface area contributed by atoms with E-state index in [4.69, 9.17) is 0 Å². The Bertz CT molecular complexity index is 385. The fourth-order valence-corrected chi connectivity index (χ4v) is 2.50. The van der Waals surface area contributed by atoms with Gasteiger partial charge in [0.15, 0.2) is 0 Å². The summed E-state index contributed by atoms with van der Waals surface area (Å²) in [5.41, 5.74) is 2.91. The molecule has 0 spiro atoms. The van der Waals surface area contributed by atoms with Crippen molar-refractivity contribution in [2.75, 3.05) is 6.54 Å². The second-order valence-electron chi connectivity index (χ2n) is 6.58. The van der Waals surface area contributed by atoms with Crippen LogP contribution < -0.4 is 5.32 Å². The SMILES string of the molecule is CCCCCN(Cc1ccccc1CNC(C)C)C(C)C. The number of nitrogens with zero attached hydrogens (tertiary/aromatic N) is 1. The highest BCUT2D eigenvalue weighted by molar-refractivity contribution is 5.27. The van der Waals surface area contributed by atoms with E-state index < -0.39 is 0 Å². The average Bonchev–Trinajstić information content (AvgIpc) is 2.45. The van der Waals surface area contributed by atoms with Gasteiger partial charge in [-0.05, 0) is 37.9 Å². The first-order valence-electron chi connectivity index (χ1n) is 8.58. The summed E-state index contributed by atoms with van der Waals surface area (Å²) < 4.78 is 0. The second-order valence-corrected chi connectivity index (χ2v) is 6.58. The first-order valence-corrected chi connectivity index (χ1v) is 8.58. The largest absolute Gasteiger partial charge is 0.310 e. The molecule has 1 aromatic rings. The number of rotatable bonds is 10. The van der Waals surface area contributed by atoms with Gasteiger partial charge < -0.3 is 5.32 Å². The molecule has 0 amide bonds. The molecule has 1 rings (SSSR count). The fourth-order valence-electron chi connectivity index (χ4n) is 2.50. The summed E-state index contributed by atoms with van der Waals surface area (Å²) in [6, 6.07) is 10.00. The number of benzene rings is 1. The second kappa shape index (κ2) is 9.97. The minimum atomic E-state index is 0.531. The van der Waals surface area contributed by atoms with Gasteiger partial charge in [-0.3, -0.25) is 4.90 Å². The zero-order valence-electron chi connectivity index (χ0n) is 14.7. The van der Waals surface area contributed by atoms with E-state index in [0.29, 0.717) is 12.1 Å². The van der Waals surface area contributed by atoms with Crippen molar-refractivity contribution in [3.63, 3.8) is 0 Å². The maximum absolute atomic E-state index is 3.54. The Labute approximate surface area is 131 Å². The van der Waals surface area contributed by atoms with Gasteiger partial charge in [-0.25, -0.2) is 0 Å². The molecule has 0 saturated heterocycles. The van der Waals surface area contributed by atoms with Gasteiger partial charge in [-0.15, -0.1) is 0 Å². The molecule has 0 aliphatic heterocycles. The number of unbranched alkanes of at least 4 members (excludes halogenated alkanes) is 2. The molecule has 0 heterocycles. The molecule has 21 heavy (non-hydrogen) atoms. The average molecular weight is 290 g/mol. The van der Waals surface area contributed by atoms with Crippen LogP contribution in [-0.4, -0.2) is 23.5 Å². The monoisotopic (exact) mass is 290 g/mol. The lowest BCUT2D eigenvalue weighted by Gasteiger charge is -2.27. The zero-order valence-corrected chi connectivity index (χ0v) is 14.7. The predicted octanol–water partition coefficient (Wildman–Crippen LogP) is 4.59. The quantitative estimate of drug-likeness (QED) is 0.634. The number of nitrogens with one attached hydrogen (secondary N) is 1. The van der Waals surface area contributed by atoms with Crippen molar-refractivity contribution in [2.24, 2.45) is 0 Å². The van der Waals surface area contributed by atoms with Crippen molar-refractivity contribution in [1.82, 2.24) is 10.2 Å². The Hall–Kier alpha value is -0.860. The van der Waals surface area contributed by atoms with Gasteiger partial charge in [0.1, 0.15) is 0 Å². The fraction of sp³-hybridized carbons (Fsp3) is 0.684. The third kappa shape index (κ3) is 7.10. The molecule has 0 unspecified atom stereocenters. The third-order valence-corrected chi connectivity index (χ3v) is 3.97. The first-order chi connectivity index (χ1) is 10.0.